The van der Waals surface area contributed by atoms with Gasteiger partial charge in [-0.25, -0.2) is 17.5 Å². The van der Waals surface area contributed by atoms with Crippen molar-refractivity contribution in [2.75, 3.05) is 12.8 Å². The number of likely N-dealkylation sites (tertiary alicyclic amines) is 1. The van der Waals surface area contributed by atoms with Gasteiger partial charge in [0.1, 0.15) is 5.82 Å². The Hall–Kier alpha value is -2.25. The molecular formula is C24H29FN2O3S. The Morgan fingerprint density at radius 2 is 1.90 bits per heavy atom. The Kier molecular flexibility index (Phi) is 5.68. The van der Waals surface area contributed by atoms with Crippen LogP contribution in [0, 0.1) is 17.2 Å². The van der Waals surface area contributed by atoms with Crippen LogP contribution in [0.15, 0.2) is 48.5 Å². The Labute approximate surface area is 183 Å². The molecule has 1 aliphatic heterocycles. The van der Waals surface area contributed by atoms with Crippen LogP contribution in [-0.2, 0) is 21.2 Å². The molecule has 2 aliphatic rings. The van der Waals surface area contributed by atoms with E-state index in [0.29, 0.717) is 18.5 Å². The maximum absolute atomic E-state index is 14.3. The highest BCUT2D eigenvalue weighted by atomic mass is 32.2. The molecule has 166 valence electrons. The maximum Gasteiger partial charge on any atom is 0.225 e. The van der Waals surface area contributed by atoms with E-state index in [1.807, 2.05) is 43.0 Å². The summed E-state index contributed by atoms with van der Waals surface area (Å²) in [7, 11) is -3.43. The molecule has 1 saturated heterocycles. The molecule has 1 saturated carbocycles. The molecule has 2 unspecified atom stereocenters. The number of rotatable bonds is 6. The fourth-order valence-electron chi connectivity index (χ4n) is 4.81. The first kappa shape index (κ1) is 22.0. The molecule has 4 rings (SSSR count). The molecule has 1 aliphatic carbocycles. The predicted octanol–water partition coefficient (Wildman–Crippen LogP) is 3.60. The van der Waals surface area contributed by atoms with Gasteiger partial charge in [0.15, 0.2) is 0 Å². The molecule has 1 heterocycles. The van der Waals surface area contributed by atoms with Gasteiger partial charge in [-0.3, -0.25) is 4.79 Å². The van der Waals surface area contributed by atoms with E-state index >= 15 is 0 Å². The third kappa shape index (κ3) is 4.53. The van der Waals surface area contributed by atoms with Crippen LogP contribution in [0.5, 0.6) is 0 Å². The lowest BCUT2D eigenvalue weighted by molar-refractivity contribution is -0.135. The van der Waals surface area contributed by atoms with E-state index in [-0.39, 0.29) is 35.1 Å². The minimum Gasteiger partial charge on any atom is -0.337 e. The first-order valence-electron chi connectivity index (χ1n) is 10.7. The van der Waals surface area contributed by atoms with Crippen molar-refractivity contribution >= 4 is 15.9 Å². The Bertz CT molecular complexity index is 1100. The van der Waals surface area contributed by atoms with Crippen molar-refractivity contribution in [2.45, 2.75) is 45.2 Å². The SMILES string of the molecule is CC(C)C(=O)N1CC2(CC2)C(NS(C)(=O)=O)C1Cc1cccc(-c2ccccc2F)c1. The summed E-state index contributed by atoms with van der Waals surface area (Å²) in [6.45, 7) is 4.32. The van der Waals surface area contributed by atoms with Crippen LogP contribution in [0.2, 0.25) is 0 Å². The van der Waals surface area contributed by atoms with Gasteiger partial charge < -0.3 is 4.90 Å². The number of nitrogens with one attached hydrogen (secondary N) is 1. The molecule has 1 spiro atoms. The summed E-state index contributed by atoms with van der Waals surface area (Å²) in [6, 6.07) is 13.7. The minimum atomic E-state index is -3.43. The van der Waals surface area contributed by atoms with Crippen LogP contribution in [0.4, 0.5) is 4.39 Å². The molecular weight excluding hydrogens is 415 g/mol. The van der Waals surface area contributed by atoms with E-state index in [0.717, 1.165) is 24.0 Å². The standard InChI is InChI=1S/C24H29FN2O3S/c1-16(2)23(28)27-15-24(11-12-24)22(26-31(3,29)30)21(27)14-17-7-6-8-18(13-17)19-9-4-5-10-20(19)25/h4-10,13,16,21-22,26H,11-12,14-15H2,1-3H3. The molecule has 1 N–H and O–H groups in total. The van der Waals surface area contributed by atoms with E-state index in [4.69, 9.17) is 0 Å². The highest BCUT2D eigenvalue weighted by Crippen LogP contribution is 2.55. The molecule has 2 aromatic carbocycles. The summed E-state index contributed by atoms with van der Waals surface area (Å²) >= 11 is 0. The minimum absolute atomic E-state index is 0.0411. The Balaban J connectivity index is 1.68. The molecule has 1 amide bonds. The molecule has 5 nitrogen and oxygen atoms in total. The second-order valence-electron chi connectivity index (χ2n) is 9.30. The third-order valence-electron chi connectivity index (χ3n) is 6.50. The number of halogens is 1. The first-order valence-corrected chi connectivity index (χ1v) is 12.6. The van der Waals surface area contributed by atoms with Gasteiger partial charge in [0, 0.05) is 29.5 Å². The second kappa shape index (κ2) is 8.02. The summed E-state index contributed by atoms with van der Waals surface area (Å²) in [6.07, 6.45) is 3.50. The lowest BCUT2D eigenvalue weighted by Crippen LogP contribution is -2.50. The fraction of sp³-hybridized carbons (Fsp3) is 0.458. The monoisotopic (exact) mass is 444 g/mol. The molecule has 2 atom stereocenters. The average molecular weight is 445 g/mol. The van der Waals surface area contributed by atoms with Gasteiger partial charge in [0.05, 0.1) is 12.3 Å². The van der Waals surface area contributed by atoms with Gasteiger partial charge in [0.2, 0.25) is 15.9 Å². The van der Waals surface area contributed by atoms with Gasteiger partial charge in [-0.15, -0.1) is 0 Å². The van der Waals surface area contributed by atoms with Crippen LogP contribution in [-0.4, -0.2) is 44.1 Å². The molecule has 31 heavy (non-hydrogen) atoms. The normalized spacial score (nSPS) is 22.3. The van der Waals surface area contributed by atoms with Gasteiger partial charge in [0.25, 0.3) is 0 Å². The molecule has 0 bridgehead atoms. The first-order chi connectivity index (χ1) is 14.6. The number of amides is 1. The molecule has 0 aromatic heterocycles. The number of sulfonamides is 1. The quantitative estimate of drug-likeness (QED) is 0.740. The van der Waals surface area contributed by atoms with Crippen LogP contribution in [0.1, 0.15) is 32.3 Å². The highest BCUT2D eigenvalue weighted by Gasteiger charge is 2.61. The van der Waals surface area contributed by atoms with Crippen LogP contribution >= 0.6 is 0 Å². The van der Waals surface area contributed by atoms with Gasteiger partial charge in [-0.05, 0) is 36.5 Å². The van der Waals surface area contributed by atoms with Crippen molar-refractivity contribution in [3.8, 4) is 11.1 Å². The van der Waals surface area contributed by atoms with E-state index in [1.54, 1.807) is 18.2 Å². The number of hydrogen-bond acceptors (Lipinski definition) is 3. The van der Waals surface area contributed by atoms with Crippen molar-refractivity contribution in [2.24, 2.45) is 11.3 Å². The van der Waals surface area contributed by atoms with Crippen LogP contribution in [0.3, 0.4) is 0 Å². The lowest BCUT2D eigenvalue weighted by Gasteiger charge is -2.30. The highest BCUT2D eigenvalue weighted by molar-refractivity contribution is 7.88. The zero-order chi connectivity index (χ0) is 22.4. The zero-order valence-corrected chi connectivity index (χ0v) is 19.0. The van der Waals surface area contributed by atoms with Crippen molar-refractivity contribution in [3.63, 3.8) is 0 Å². The van der Waals surface area contributed by atoms with Gasteiger partial charge in [-0.2, -0.15) is 0 Å². The number of hydrogen-bond donors (Lipinski definition) is 1. The average Bonchev–Trinajstić information content (AvgIpc) is 3.43. The zero-order valence-electron chi connectivity index (χ0n) is 18.1. The predicted molar refractivity (Wildman–Crippen MR) is 119 cm³/mol. The van der Waals surface area contributed by atoms with Crippen LogP contribution < -0.4 is 4.72 Å². The number of carbonyl (C=O) groups excluding carboxylic acids is 1. The molecule has 2 aromatic rings. The number of nitrogens with zero attached hydrogens (tertiary/aromatic N) is 1. The summed E-state index contributed by atoms with van der Waals surface area (Å²) in [5, 5.41) is 0. The molecule has 2 fully saturated rings. The molecule has 0 radical (unpaired) electrons. The maximum atomic E-state index is 14.3. The van der Waals surface area contributed by atoms with Crippen molar-refractivity contribution in [3.05, 3.63) is 59.9 Å². The second-order valence-corrected chi connectivity index (χ2v) is 11.1. The van der Waals surface area contributed by atoms with Crippen molar-refractivity contribution in [1.82, 2.24) is 9.62 Å². The topological polar surface area (TPSA) is 66.5 Å². The summed E-state index contributed by atoms with van der Waals surface area (Å²) in [5.41, 5.74) is 2.06. The Morgan fingerprint density at radius 1 is 1.19 bits per heavy atom. The smallest absolute Gasteiger partial charge is 0.225 e. The van der Waals surface area contributed by atoms with E-state index < -0.39 is 10.0 Å². The largest absolute Gasteiger partial charge is 0.337 e. The summed E-state index contributed by atoms with van der Waals surface area (Å²) < 4.78 is 41.4. The van der Waals surface area contributed by atoms with E-state index in [1.165, 1.54) is 12.3 Å². The van der Waals surface area contributed by atoms with Crippen molar-refractivity contribution < 1.29 is 17.6 Å². The number of carbonyl (C=O) groups is 1. The third-order valence-corrected chi connectivity index (χ3v) is 7.18. The Morgan fingerprint density at radius 3 is 2.52 bits per heavy atom. The van der Waals surface area contributed by atoms with Crippen molar-refractivity contribution in [1.29, 1.82) is 0 Å². The fourth-order valence-corrected chi connectivity index (χ4v) is 5.68. The van der Waals surface area contributed by atoms with Crippen LogP contribution in [0.25, 0.3) is 11.1 Å². The van der Waals surface area contributed by atoms with Gasteiger partial charge >= 0.3 is 0 Å². The van der Waals surface area contributed by atoms with E-state index in [2.05, 4.69) is 4.72 Å². The summed E-state index contributed by atoms with van der Waals surface area (Å²) in [5.74, 6) is -0.412. The molecule has 7 heteroatoms. The lowest BCUT2D eigenvalue weighted by atomic mass is 9.91. The van der Waals surface area contributed by atoms with E-state index in [9.17, 15) is 17.6 Å². The summed E-state index contributed by atoms with van der Waals surface area (Å²) in [4.78, 5) is 14.9. The number of benzene rings is 2. The van der Waals surface area contributed by atoms with Gasteiger partial charge in [-0.1, -0.05) is 56.3 Å².